The van der Waals surface area contributed by atoms with Crippen LogP contribution in [0.4, 0.5) is 14.9 Å². The zero-order valence-corrected chi connectivity index (χ0v) is 18.0. The van der Waals surface area contributed by atoms with Crippen LogP contribution in [0, 0.1) is 5.82 Å². The van der Waals surface area contributed by atoms with E-state index in [9.17, 15) is 18.8 Å². The van der Waals surface area contributed by atoms with Crippen LogP contribution in [-0.4, -0.2) is 25.0 Å². The zero-order valence-electron chi connectivity index (χ0n) is 16.4. The van der Waals surface area contributed by atoms with E-state index in [0.717, 1.165) is 12.1 Å². The molecule has 7 nitrogen and oxygen atoms in total. The largest absolute Gasteiger partial charge is 0.497 e. The molecule has 0 bridgehead atoms. The second kappa shape index (κ2) is 8.45. The van der Waals surface area contributed by atoms with E-state index in [0.29, 0.717) is 15.5 Å². The minimum atomic E-state index is -1.08. The van der Waals surface area contributed by atoms with Gasteiger partial charge in [-0.1, -0.05) is 17.7 Å². The number of urea groups is 1. The summed E-state index contributed by atoms with van der Waals surface area (Å²) >= 11 is 7.04. The van der Waals surface area contributed by atoms with Crippen molar-refractivity contribution < 1.29 is 28.2 Å². The molecule has 0 radical (unpaired) electrons. The Labute approximate surface area is 190 Å². The van der Waals surface area contributed by atoms with Crippen LogP contribution in [0.15, 0.2) is 53.9 Å². The summed E-state index contributed by atoms with van der Waals surface area (Å²) in [6, 6.07) is 10.5. The van der Waals surface area contributed by atoms with Gasteiger partial charge in [-0.2, -0.15) is 0 Å². The predicted octanol–water partition coefficient (Wildman–Crippen LogP) is 4.70. The third-order valence-electron chi connectivity index (χ3n) is 4.68. The summed E-state index contributed by atoms with van der Waals surface area (Å²) in [6.07, 6.45) is 0. The molecular weight excluding hydrogens is 459 g/mol. The average molecular weight is 473 g/mol. The van der Waals surface area contributed by atoms with E-state index in [1.165, 1.54) is 30.6 Å². The Hall–Kier alpha value is -3.69. The van der Waals surface area contributed by atoms with Crippen molar-refractivity contribution in [3.63, 3.8) is 0 Å². The predicted molar refractivity (Wildman–Crippen MR) is 118 cm³/mol. The molecule has 1 aromatic heterocycles. The summed E-state index contributed by atoms with van der Waals surface area (Å²) in [7, 11) is 1.49. The number of imide groups is 1. The van der Waals surface area contributed by atoms with Crippen LogP contribution < -0.4 is 15.4 Å². The average Bonchev–Trinajstić information content (AvgIpc) is 3.39. The first-order valence-electron chi connectivity index (χ1n) is 9.09. The van der Waals surface area contributed by atoms with Crippen LogP contribution in [0.25, 0.3) is 11.3 Å². The number of halogens is 2. The van der Waals surface area contributed by atoms with Crippen LogP contribution in [0.5, 0.6) is 5.75 Å². The Bertz CT molecular complexity index is 1270. The van der Waals surface area contributed by atoms with Crippen LogP contribution in [0.3, 0.4) is 0 Å². The molecule has 0 spiro atoms. The standard InChI is InChI=1S/C22H14ClFN2O5S/c1-30-12-6-4-11(5-7-12)21(28)31-19(17-3-2-8-32-17)18-13-9-15(24)14(23)10-16(13)26(20(18)27)22(25)29/h2-10H,1H3,(H2,25,29). The minimum Gasteiger partial charge on any atom is -0.497 e. The maximum atomic E-state index is 14.3. The van der Waals surface area contributed by atoms with Gasteiger partial charge in [0.2, 0.25) is 0 Å². The first-order chi connectivity index (χ1) is 15.3. The molecule has 2 heterocycles. The van der Waals surface area contributed by atoms with Crippen molar-refractivity contribution in [3.05, 3.63) is 80.8 Å². The maximum Gasteiger partial charge on any atom is 0.343 e. The van der Waals surface area contributed by atoms with Crippen molar-refractivity contribution in [2.45, 2.75) is 0 Å². The molecule has 0 atom stereocenters. The molecule has 0 fully saturated rings. The highest BCUT2D eigenvalue weighted by Gasteiger charge is 2.40. The molecule has 3 aromatic rings. The SMILES string of the molecule is COc1ccc(C(=O)OC(=C2C(=O)N(C(N)=O)c3cc(Cl)c(F)cc32)c2cccs2)cc1. The van der Waals surface area contributed by atoms with Gasteiger partial charge in [0.05, 0.1) is 33.8 Å². The molecule has 0 saturated heterocycles. The second-order valence-electron chi connectivity index (χ2n) is 6.56. The van der Waals surface area contributed by atoms with Crippen molar-refractivity contribution >= 4 is 57.9 Å². The molecule has 1 aliphatic heterocycles. The number of methoxy groups -OCH3 is 1. The van der Waals surface area contributed by atoms with E-state index >= 15 is 0 Å². The fraction of sp³-hybridized carbons (Fsp3) is 0.0455. The summed E-state index contributed by atoms with van der Waals surface area (Å²) in [4.78, 5) is 39.1. The van der Waals surface area contributed by atoms with E-state index in [1.54, 1.807) is 29.6 Å². The van der Waals surface area contributed by atoms with E-state index < -0.39 is 23.7 Å². The van der Waals surface area contributed by atoms with Gasteiger partial charge in [-0.3, -0.25) is 4.79 Å². The lowest BCUT2D eigenvalue weighted by molar-refractivity contribution is -0.112. The molecule has 2 aromatic carbocycles. The number of nitrogens with zero attached hydrogens (tertiary/aromatic N) is 1. The van der Waals surface area contributed by atoms with Gasteiger partial charge in [0, 0.05) is 5.56 Å². The minimum absolute atomic E-state index is 0.00143. The molecular formula is C22H14ClFN2O5S. The van der Waals surface area contributed by atoms with Gasteiger partial charge in [-0.25, -0.2) is 18.9 Å². The van der Waals surface area contributed by atoms with Crippen molar-refractivity contribution in [1.82, 2.24) is 0 Å². The Morgan fingerprint density at radius 3 is 2.47 bits per heavy atom. The fourth-order valence-electron chi connectivity index (χ4n) is 3.21. The molecule has 1 aliphatic rings. The number of anilines is 1. The lowest BCUT2D eigenvalue weighted by atomic mass is 10.0. The number of hydrogen-bond acceptors (Lipinski definition) is 6. The van der Waals surface area contributed by atoms with Gasteiger partial charge in [-0.15, -0.1) is 11.3 Å². The quantitative estimate of drug-likeness (QED) is 0.337. The number of esters is 1. The number of benzene rings is 2. The molecule has 32 heavy (non-hydrogen) atoms. The highest BCUT2D eigenvalue weighted by atomic mass is 35.5. The van der Waals surface area contributed by atoms with Crippen LogP contribution in [0.2, 0.25) is 5.02 Å². The number of rotatable bonds is 4. The first kappa shape index (κ1) is 21.5. The van der Waals surface area contributed by atoms with Gasteiger partial charge in [0.25, 0.3) is 5.91 Å². The van der Waals surface area contributed by atoms with Gasteiger partial charge in [0.15, 0.2) is 5.76 Å². The number of nitrogens with two attached hydrogens (primary N) is 1. The van der Waals surface area contributed by atoms with Gasteiger partial charge >= 0.3 is 12.0 Å². The number of primary amides is 1. The lowest BCUT2D eigenvalue weighted by Gasteiger charge is -2.12. The molecule has 0 saturated carbocycles. The number of ether oxygens (including phenoxy) is 2. The molecule has 4 rings (SSSR count). The highest BCUT2D eigenvalue weighted by Crippen LogP contribution is 2.44. The molecule has 0 aliphatic carbocycles. The van der Waals surface area contributed by atoms with Gasteiger partial charge < -0.3 is 15.2 Å². The van der Waals surface area contributed by atoms with Crippen molar-refractivity contribution in [2.24, 2.45) is 5.73 Å². The van der Waals surface area contributed by atoms with Gasteiger partial charge in [-0.05, 0) is 47.8 Å². The number of fused-ring (bicyclic) bond motifs is 1. The summed E-state index contributed by atoms with van der Waals surface area (Å²) < 4.78 is 25.0. The van der Waals surface area contributed by atoms with Crippen molar-refractivity contribution in [3.8, 4) is 5.75 Å². The van der Waals surface area contributed by atoms with Crippen LogP contribution in [0.1, 0.15) is 20.8 Å². The third kappa shape index (κ3) is 3.72. The first-order valence-corrected chi connectivity index (χ1v) is 10.3. The Balaban J connectivity index is 1.88. The Kier molecular flexibility index (Phi) is 5.68. The summed E-state index contributed by atoms with van der Waals surface area (Å²) in [5, 5.41) is 1.42. The Morgan fingerprint density at radius 1 is 1.16 bits per heavy atom. The monoisotopic (exact) mass is 472 g/mol. The van der Waals surface area contributed by atoms with Crippen LogP contribution >= 0.6 is 22.9 Å². The topological polar surface area (TPSA) is 98.9 Å². The zero-order chi connectivity index (χ0) is 23.0. The van der Waals surface area contributed by atoms with Crippen LogP contribution in [-0.2, 0) is 9.53 Å². The van der Waals surface area contributed by atoms with Crippen molar-refractivity contribution in [2.75, 3.05) is 12.0 Å². The molecule has 2 N–H and O–H groups in total. The van der Waals surface area contributed by atoms with Crippen molar-refractivity contribution in [1.29, 1.82) is 0 Å². The highest BCUT2D eigenvalue weighted by molar-refractivity contribution is 7.11. The van der Waals surface area contributed by atoms with E-state index in [-0.39, 0.29) is 33.2 Å². The molecule has 10 heteroatoms. The van der Waals surface area contributed by atoms with E-state index in [1.807, 2.05) is 0 Å². The maximum absolute atomic E-state index is 14.3. The number of amides is 3. The van der Waals surface area contributed by atoms with Gasteiger partial charge in [0.1, 0.15) is 11.6 Å². The number of carbonyl (C=O) groups excluding carboxylic acids is 3. The van der Waals surface area contributed by atoms with E-state index in [2.05, 4.69) is 0 Å². The summed E-state index contributed by atoms with van der Waals surface area (Å²) in [5.41, 5.74) is 5.42. The second-order valence-corrected chi connectivity index (χ2v) is 7.92. The lowest BCUT2D eigenvalue weighted by Crippen LogP contribution is -2.38. The fourth-order valence-corrected chi connectivity index (χ4v) is 4.08. The smallest absolute Gasteiger partial charge is 0.343 e. The molecule has 3 amide bonds. The molecule has 0 unspecified atom stereocenters. The number of hydrogen-bond donors (Lipinski definition) is 1. The summed E-state index contributed by atoms with van der Waals surface area (Å²) in [5.74, 6) is -2.01. The normalized spacial score (nSPS) is 14.2. The number of carbonyl (C=O) groups is 3. The summed E-state index contributed by atoms with van der Waals surface area (Å²) in [6.45, 7) is 0. The molecule has 162 valence electrons. The third-order valence-corrected chi connectivity index (χ3v) is 5.84. The number of thiophene rings is 1. The van der Waals surface area contributed by atoms with E-state index in [4.69, 9.17) is 26.8 Å². The Morgan fingerprint density at radius 2 is 1.88 bits per heavy atom.